The van der Waals surface area contributed by atoms with Crippen LogP contribution in [0.15, 0.2) is 48.7 Å². The van der Waals surface area contributed by atoms with Gasteiger partial charge in [0.15, 0.2) is 0 Å². The number of piperazine rings is 1. The van der Waals surface area contributed by atoms with Crippen LogP contribution in [0, 0.1) is 6.92 Å². The second-order valence-corrected chi connectivity index (χ2v) is 7.02. The number of aryl methyl sites for hydroxylation is 1. The van der Waals surface area contributed by atoms with E-state index in [1.165, 1.54) is 11.1 Å². The van der Waals surface area contributed by atoms with Crippen molar-refractivity contribution in [2.24, 2.45) is 0 Å². The average molecular weight is 341 g/mol. The lowest BCUT2D eigenvalue weighted by atomic mass is 10.2. The Balaban J connectivity index is 1.41. The zero-order valence-electron chi connectivity index (χ0n) is 14.0. The quantitative estimate of drug-likeness (QED) is 0.838. The van der Waals surface area contributed by atoms with Crippen molar-refractivity contribution in [1.29, 1.82) is 0 Å². The van der Waals surface area contributed by atoms with Crippen LogP contribution in [0.25, 0.3) is 0 Å². The molecular formula is C19H23N3OS. The Hall–Kier alpha value is -2.01. The van der Waals surface area contributed by atoms with Crippen molar-refractivity contribution in [1.82, 2.24) is 9.88 Å². The Bertz CT molecular complexity index is 652. The van der Waals surface area contributed by atoms with Crippen LogP contribution in [0.1, 0.15) is 11.1 Å². The highest BCUT2D eigenvalue weighted by atomic mass is 32.2. The lowest BCUT2D eigenvalue weighted by Gasteiger charge is -2.35. The highest BCUT2D eigenvalue weighted by molar-refractivity contribution is 7.99. The van der Waals surface area contributed by atoms with E-state index >= 15 is 0 Å². The normalized spacial score (nSPS) is 14.7. The molecule has 1 saturated heterocycles. The van der Waals surface area contributed by atoms with Gasteiger partial charge >= 0.3 is 0 Å². The number of thioether (sulfide) groups is 1. The molecular weight excluding hydrogens is 318 g/mol. The van der Waals surface area contributed by atoms with E-state index in [9.17, 15) is 4.79 Å². The summed E-state index contributed by atoms with van der Waals surface area (Å²) < 4.78 is 0. The highest BCUT2D eigenvalue weighted by Gasteiger charge is 2.21. The van der Waals surface area contributed by atoms with Crippen LogP contribution in [0.2, 0.25) is 0 Å². The molecule has 1 amide bonds. The minimum atomic E-state index is 0.243. The molecule has 1 fully saturated rings. The summed E-state index contributed by atoms with van der Waals surface area (Å²) >= 11 is 1.69. The molecule has 4 nitrogen and oxygen atoms in total. The van der Waals surface area contributed by atoms with Crippen molar-refractivity contribution in [3.8, 4) is 0 Å². The Morgan fingerprint density at radius 2 is 1.83 bits per heavy atom. The number of amides is 1. The van der Waals surface area contributed by atoms with E-state index in [0.29, 0.717) is 5.75 Å². The van der Waals surface area contributed by atoms with Crippen LogP contribution in [0.5, 0.6) is 0 Å². The van der Waals surface area contributed by atoms with Crippen LogP contribution in [0.3, 0.4) is 0 Å². The summed E-state index contributed by atoms with van der Waals surface area (Å²) in [5.41, 5.74) is 2.55. The largest absolute Gasteiger partial charge is 0.353 e. The number of pyridine rings is 1. The smallest absolute Gasteiger partial charge is 0.232 e. The van der Waals surface area contributed by atoms with Crippen molar-refractivity contribution >= 4 is 23.5 Å². The number of carbonyl (C=O) groups excluding carboxylic acids is 1. The Labute approximate surface area is 147 Å². The van der Waals surface area contributed by atoms with Crippen molar-refractivity contribution in [2.75, 3.05) is 36.8 Å². The maximum absolute atomic E-state index is 12.4. The molecule has 1 aromatic heterocycles. The molecule has 0 spiro atoms. The molecule has 1 aromatic carbocycles. The van der Waals surface area contributed by atoms with Crippen molar-refractivity contribution in [3.05, 3.63) is 59.8 Å². The SMILES string of the molecule is Cc1ccc(CSCC(=O)N2CCN(c3ccccn3)CC2)cc1. The third kappa shape index (κ3) is 4.51. The molecule has 5 heteroatoms. The van der Waals surface area contributed by atoms with Crippen molar-refractivity contribution < 1.29 is 4.79 Å². The minimum Gasteiger partial charge on any atom is -0.353 e. The Morgan fingerprint density at radius 3 is 2.50 bits per heavy atom. The summed E-state index contributed by atoms with van der Waals surface area (Å²) in [6.07, 6.45) is 1.81. The number of nitrogens with zero attached hydrogens (tertiary/aromatic N) is 3. The van der Waals surface area contributed by atoms with Gasteiger partial charge in [-0.25, -0.2) is 4.98 Å². The number of aromatic nitrogens is 1. The zero-order chi connectivity index (χ0) is 16.8. The molecule has 0 radical (unpaired) electrons. The molecule has 0 bridgehead atoms. The summed E-state index contributed by atoms with van der Waals surface area (Å²) in [6.45, 7) is 5.35. The lowest BCUT2D eigenvalue weighted by molar-refractivity contribution is -0.128. The number of hydrogen-bond acceptors (Lipinski definition) is 4. The molecule has 0 atom stereocenters. The van der Waals surface area contributed by atoms with E-state index in [1.54, 1.807) is 11.8 Å². The summed E-state index contributed by atoms with van der Waals surface area (Å²) in [4.78, 5) is 20.9. The molecule has 0 N–H and O–H groups in total. The van der Waals surface area contributed by atoms with Gasteiger partial charge in [-0.05, 0) is 24.6 Å². The highest BCUT2D eigenvalue weighted by Crippen LogP contribution is 2.16. The monoisotopic (exact) mass is 341 g/mol. The molecule has 1 aliphatic heterocycles. The molecule has 126 valence electrons. The van der Waals surface area contributed by atoms with E-state index in [0.717, 1.165) is 37.7 Å². The van der Waals surface area contributed by atoms with E-state index in [-0.39, 0.29) is 5.91 Å². The second-order valence-electron chi connectivity index (χ2n) is 6.03. The lowest BCUT2D eigenvalue weighted by Crippen LogP contribution is -2.49. The van der Waals surface area contributed by atoms with E-state index in [2.05, 4.69) is 41.1 Å². The molecule has 1 aliphatic rings. The summed E-state index contributed by atoms with van der Waals surface area (Å²) in [5, 5.41) is 0. The van der Waals surface area contributed by atoms with Gasteiger partial charge in [-0.2, -0.15) is 0 Å². The molecule has 0 aliphatic carbocycles. The van der Waals surface area contributed by atoms with Crippen molar-refractivity contribution in [3.63, 3.8) is 0 Å². The minimum absolute atomic E-state index is 0.243. The molecule has 2 aromatic rings. The average Bonchev–Trinajstić information content (AvgIpc) is 2.64. The maximum atomic E-state index is 12.4. The van der Waals surface area contributed by atoms with Crippen molar-refractivity contribution in [2.45, 2.75) is 12.7 Å². The standard InChI is InChI=1S/C19H23N3OS/c1-16-5-7-17(8-6-16)14-24-15-19(23)22-12-10-21(11-13-22)18-4-2-3-9-20-18/h2-9H,10-15H2,1H3. The molecule has 2 heterocycles. The van der Waals surface area contributed by atoms with Gasteiger partial charge < -0.3 is 9.80 Å². The van der Waals surface area contributed by atoms with Gasteiger partial charge in [-0.3, -0.25) is 4.79 Å². The predicted molar refractivity (Wildman–Crippen MR) is 100 cm³/mol. The first-order chi connectivity index (χ1) is 11.7. The molecule has 3 rings (SSSR count). The van der Waals surface area contributed by atoms with Crippen LogP contribution in [-0.2, 0) is 10.5 Å². The number of benzene rings is 1. The zero-order valence-corrected chi connectivity index (χ0v) is 14.8. The molecule has 0 saturated carbocycles. The number of anilines is 1. The van der Waals surface area contributed by atoms with Gasteiger partial charge in [0.1, 0.15) is 5.82 Å². The fourth-order valence-electron chi connectivity index (χ4n) is 2.76. The summed E-state index contributed by atoms with van der Waals surface area (Å²) in [5.74, 6) is 2.68. The van der Waals surface area contributed by atoms with E-state index in [1.807, 2.05) is 29.3 Å². The fourth-order valence-corrected chi connectivity index (χ4v) is 3.64. The van der Waals surface area contributed by atoms with Gasteiger partial charge in [0.2, 0.25) is 5.91 Å². The van der Waals surface area contributed by atoms with Gasteiger partial charge in [-0.15, -0.1) is 11.8 Å². The van der Waals surface area contributed by atoms with Crippen LogP contribution < -0.4 is 4.90 Å². The summed E-state index contributed by atoms with van der Waals surface area (Å²) in [7, 11) is 0. The Morgan fingerprint density at radius 1 is 1.08 bits per heavy atom. The van der Waals surface area contributed by atoms with E-state index < -0.39 is 0 Å². The third-order valence-corrected chi connectivity index (χ3v) is 5.21. The van der Waals surface area contributed by atoms with Crippen LogP contribution in [0.4, 0.5) is 5.82 Å². The topological polar surface area (TPSA) is 36.4 Å². The molecule has 0 unspecified atom stereocenters. The van der Waals surface area contributed by atoms with Crippen LogP contribution >= 0.6 is 11.8 Å². The number of carbonyl (C=O) groups is 1. The maximum Gasteiger partial charge on any atom is 0.232 e. The first-order valence-electron chi connectivity index (χ1n) is 8.29. The molecule has 24 heavy (non-hydrogen) atoms. The second kappa shape index (κ2) is 8.20. The van der Waals surface area contributed by atoms with Gasteiger partial charge in [-0.1, -0.05) is 35.9 Å². The van der Waals surface area contributed by atoms with Gasteiger partial charge in [0.25, 0.3) is 0 Å². The van der Waals surface area contributed by atoms with E-state index in [4.69, 9.17) is 0 Å². The predicted octanol–water partition coefficient (Wildman–Crippen LogP) is 2.97. The number of hydrogen-bond donors (Lipinski definition) is 0. The van der Waals surface area contributed by atoms with Gasteiger partial charge in [0.05, 0.1) is 5.75 Å². The van der Waals surface area contributed by atoms with Gasteiger partial charge in [0, 0.05) is 38.1 Å². The Kier molecular flexibility index (Phi) is 5.75. The third-order valence-electron chi connectivity index (χ3n) is 4.22. The fraction of sp³-hybridized carbons (Fsp3) is 0.368. The number of rotatable bonds is 5. The summed E-state index contributed by atoms with van der Waals surface area (Å²) in [6, 6.07) is 14.5. The van der Waals surface area contributed by atoms with Crippen LogP contribution in [-0.4, -0.2) is 47.7 Å². The first kappa shape index (κ1) is 16.8. The first-order valence-corrected chi connectivity index (χ1v) is 9.45.